The van der Waals surface area contributed by atoms with Gasteiger partial charge in [0.25, 0.3) is 0 Å². The molecule has 0 aliphatic carbocycles. The predicted molar refractivity (Wildman–Crippen MR) is 112 cm³/mol. The quantitative estimate of drug-likeness (QED) is 0.635. The van der Waals surface area contributed by atoms with Crippen LogP contribution in [0.1, 0.15) is 12.1 Å². The SMILES string of the molecule is C=CC(=O)N1CCN(Cc2cc3cc(-c4ccccc4O)nnc3[nH]2)CC1CC#N. The largest absolute Gasteiger partial charge is 0.507 e. The summed E-state index contributed by atoms with van der Waals surface area (Å²) in [6.45, 7) is 6.11. The van der Waals surface area contributed by atoms with Gasteiger partial charge in [-0.25, -0.2) is 0 Å². The molecule has 30 heavy (non-hydrogen) atoms. The molecule has 2 aromatic heterocycles. The second-order valence-electron chi connectivity index (χ2n) is 7.33. The van der Waals surface area contributed by atoms with Gasteiger partial charge in [0, 0.05) is 42.8 Å². The van der Waals surface area contributed by atoms with Crippen LogP contribution in [0.3, 0.4) is 0 Å². The van der Waals surface area contributed by atoms with Crippen molar-refractivity contribution in [2.75, 3.05) is 19.6 Å². The molecule has 0 spiro atoms. The number of aromatic nitrogens is 3. The lowest BCUT2D eigenvalue weighted by Crippen LogP contribution is -2.54. The van der Waals surface area contributed by atoms with Crippen molar-refractivity contribution < 1.29 is 9.90 Å². The van der Waals surface area contributed by atoms with Crippen LogP contribution < -0.4 is 0 Å². The van der Waals surface area contributed by atoms with Gasteiger partial charge in [-0.15, -0.1) is 10.2 Å². The number of piperazine rings is 1. The standard InChI is InChI=1S/C22H22N6O2/c1-2-21(30)28-10-9-27(14-17(28)7-8-23)13-16-11-15-12-19(25-26-22(15)24-16)18-5-3-4-6-20(18)29/h2-6,11-12,17,29H,1,7,9-10,13-14H2,(H,24,26). The molecule has 1 saturated heterocycles. The number of hydrogen-bond donors (Lipinski definition) is 2. The number of hydrogen-bond acceptors (Lipinski definition) is 6. The molecule has 1 atom stereocenters. The number of fused-ring (bicyclic) bond motifs is 1. The van der Waals surface area contributed by atoms with E-state index < -0.39 is 0 Å². The third-order valence-corrected chi connectivity index (χ3v) is 5.36. The van der Waals surface area contributed by atoms with Crippen molar-refractivity contribution in [3.05, 3.63) is 54.7 Å². The molecule has 1 amide bonds. The maximum Gasteiger partial charge on any atom is 0.246 e. The number of H-pyrrole nitrogens is 1. The number of nitrogens with one attached hydrogen (secondary N) is 1. The summed E-state index contributed by atoms with van der Waals surface area (Å²) in [4.78, 5) is 19.3. The average Bonchev–Trinajstić information content (AvgIpc) is 3.15. The van der Waals surface area contributed by atoms with Gasteiger partial charge in [-0.1, -0.05) is 18.7 Å². The zero-order valence-electron chi connectivity index (χ0n) is 16.5. The van der Waals surface area contributed by atoms with Gasteiger partial charge in [0.2, 0.25) is 5.91 Å². The zero-order chi connectivity index (χ0) is 21.1. The highest BCUT2D eigenvalue weighted by Crippen LogP contribution is 2.28. The number of phenolic OH excluding ortho intramolecular Hbond substituents is 1. The number of benzene rings is 1. The second-order valence-corrected chi connectivity index (χ2v) is 7.33. The van der Waals surface area contributed by atoms with E-state index in [-0.39, 0.29) is 24.1 Å². The van der Waals surface area contributed by atoms with Crippen molar-refractivity contribution in [3.8, 4) is 23.1 Å². The molecule has 4 rings (SSSR count). The molecule has 152 valence electrons. The summed E-state index contributed by atoms with van der Waals surface area (Å²) in [5.41, 5.74) is 2.90. The van der Waals surface area contributed by atoms with Crippen LogP contribution in [0.4, 0.5) is 0 Å². The highest BCUT2D eigenvalue weighted by atomic mass is 16.3. The lowest BCUT2D eigenvalue weighted by Gasteiger charge is -2.40. The molecule has 8 heteroatoms. The summed E-state index contributed by atoms with van der Waals surface area (Å²) < 4.78 is 0. The molecular formula is C22H22N6O2. The van der Waals surface area contributed by atoms with E-state index >= 15 is 0 Å². The molecular weight excluding hydrogens is 380 g/mol. The summed E-state index contributed by atoms with van der Waals surface area (Å²) in [7, 11) is 0. The number of nitrogens with zero attached hydrogens (tertiary/aromatic N) is 5. The number of para-hydroxylation sites is 1. The van der Waals surface area contributed by atoms with Gasteiger partial charge in [0.1, 0.15) is 5.75 Å². The minimum absolute atomic E-state index is 0.132. The van der Waals surface area contributed by atoms with Crippen LogP contribution in [0.25, 0.3) is 22.3 Å². The normalized spacial score (nSPS) is 17.0. The first kappa shape index (κ1) is 19.6. The summed E-state index contributed by atoms with van der Waals surface area (Å²) >= 11 is 0. The van der Waals surface area contributed by atoms with Crippen molar-refractivity contribution in [1.29, 1.82) is 5.26 Å². The van der Waals surface area contributed by atoms with Gasteiger partial charge in [0.15, 0.2) is 5.65 Å². The van der Waals surface area contributed by atoms with Crippen LogP contribution in [0.5, 0.6) is 5.75 Å². The molecule has 0 bridgehead atoms. The van der Waals surface area contributed by atoms with E-state index in [0.717, 1.165) is 11.1 Å². The molecule has 0 saturated carbocycles. The molecule has 1 aromatic carbocycles. The average molecular weight is 402 g/mol. The van der Waals surface area contributed by atoms with E-state index in [9.17, 15) is 9.90 Å². The van der Waals surface area contributed by atoms with Crippen molar-refractivity contribution in [2.24, 2.45) is 0 Å². The van der Waals surface area contributed by atoms with Crippen molar-refractivity contribution in [1.82, 2.24) is 25.0 Å². The Hall–Kier alpha value is -3.70. The number of carbonyl (C=O) groups is 1. The van der Waals surface area contributed by atoms with E-state index in [4.69, 9.17) is 5.26 Å². The number of aromatic amines is 1. The molecule has 2 N–H and O–H groups in total. The number of amides is 1. The molecule has 0 radical (unpaired) electrons. The molecule has 3 aromatic rings. The maximum absolute atomic E-state index is 12.0. The number of carbonyl (C=O) groups excluding carboxylic acids is 1. The van der Waals surface area contributed by atoms with Crippen LogP contribution >= 0.6 is 0 Å². The van der Waals surface area contributed by atoms with Gasteiger partial charge in [-0.05, 0) is 30.3 Å². The Bertz CT molecular complexity index is 1130. The third-order valence-electron chi connectivity index (χ3n) is 5.36. The van der Waals surface area contributed by atoms with Crippen LogP contribution in [0, 0.1) is 11.3 Å². The Kier molecular flexibility index (Phi) is 5.46. The van der Waals surface area contributed by atoms with Crippen molar-refractivity contribution in [3.63, 3.8) is 0 Å². The molecule has 1 aliphatic heterocycles. The Morgan fingerprint density at radius 1 is 1.33 bits per heavy atom. The fourth-order valence-corrected chi connectivity index (χ4v) is 3.89. The molecule has 1 unspecified atom stereocenters. The Labute approximate surface area is 174 Å². The summed E-state index contributed by atoms with van der Waals surface area (Å²) in [5.74, 6) is 0.0323. The zero-order valence-corrected chi connectivity index (χ0v) is 16.5. The summed E-state index contributed by atoms with van der Waals surface area (Å²) in [6.07, 6.45) is 1.59. The molecule has 3 heterocycles. The highest BCUT2D eigenvalue weighted by molar-refractivity contribution is 5.87. The minimum Gasteiger partial charge on any atom is -0.507 e. The van der Waals surface area contributed by atoms with Gasteiger partial charge < -0.3 is 15.0 Å². The van der Waals surface area contributed by atoms with E-state index in [1.165, 1.54) is 6.08 Å². The first-order chi connectivity index (χ1) is 14.6. The number of phenols is 1. The van der Waals surface area contributed by atoms with Crippen molar-refractivity contribution >= 4 is 16.9 Å². The summed E-state index contributed by atoms with van der Waals surface area (Å²) in [6, 6.07) is 13.0. The fourth-order valence-electron chi connectivity index (χ4n) is 3.89. The first-order valence-corrected chi connectivity index (χ1v) is 9.75. The number of nitriles is 1. The second kappa shape index (κ2) is 8.35. The monoisotopic (exact) mass is 402 g/mol. The van der Waals surface area contributed by atoms with Gasteiger partial charge in [-0.2, -0.15) is 5.26 Å². The van der Waals surface area contributed by atoms with E-state index in [1.54, 1.807) is 23.1 Å². The van der Waals surface area contributed by atoms with Gasteiger partial charge >= 0.3 is 0 Å². The molecule has 8 nitrogen and oxygen atoms in total. The topological polar surface area (TPSA) is 109 Å². The van der Waals surface area contributed by atoms with Gasteiger partial charge in [0.05, 0.1) is 24.2 Å². The lowest BCUT2D eigenvalue weighted by molar-refractivity contribution is -0.130. The maximum atomic E-state index is 12.0. The van der Waals surface area contributed by atoms with Gasteiger partial charge in [-0.3, -0.25) is 9.69 Å². The Morgan fingerprint density at radius 3 is 2.93 bits per heavy atom. The lowest BCUT2D eigenvalue weighted by atomic mass is 10.1. The smallest absolute Gasteiger partial charge is 0.246 e. The first-order valence-electron chi connectivity index (χ1n) is 9.75. The Balaban J connectivity index is 1.52. The van der Waals surface area contributed by atoms with E-state index in [0.29, 0.717) is 43.1 Å². The van der Waals surface area contributed by atoms with Crippen LogP contribution in [-0.4, -0.2) is 61.7 Å². The van der Waals surface area contributed by atoms with Crippen molar-refractivity contribution in [2.45, 2.75) is 19.0 Å². The Morgan fingerprint density at radius 2 is 2.17 bits per heavy atom. The molecule has 1 fully saturated rings. The minimum atomic E-state index is -0.147. The third kappa shape index (κ3) is 3.88. The fraction of sp³-hybridized carbons (Fsp3) is 0.273. The highest BCUT2D eigenvalue weighted by Gasteiger charge is 2.29. The number of rotatable bonds is 5. The van der Waals surface area contributed by atoms with Crippen LogP contribution in [0.15, 0.2) is 49.1 Å². The number of aromatic hydroxyl groups is 1. The van der Waals surface area contributed by atoms with E-state index in [2.05, 4.69) is 32.7 Å². The van der Waals surface area contributed by atoms with Crippen LogP contribution in [-0.2, 0) is 11.3 Å². The summed E-state index contributed by atoms with van der Waals surface area (Å²) in [5, 5.41) is 28.6. The van der Waals surface area contributed by atoms with E-state index in [1.807, 2.05) is 18.2 Å². The molecule has 1 aliphatic rings. The van der Waals surface area contributed by atoms with Crippen LogP contribution in [0.2, 0.25) is 0 Å². The predicted octanol–water partition coefficient (Wildman–Crippen LogP) is 2.44.